The molecule has 0 saturated carbocycles. The van der Waals surface area contributed by atoms with Gasteiger partial charge in [-0.05, 0) is 25.1 Å². The first-order valence-electron chi connectivity index (χ1n) is 5.74. The maximum atomic E-state index is 11.6. The minimum atomic E-state index is -1.10. The first-order valence-corrected chi connectivity index (χ1v) is 6.56. The van der Waals surface area contributed by atoms with Crippen LogP contribution in [-0.4, -0.2) is 35.2 Å². The van der Waals surface area contributed by atoms with Gasteiger partial charge in [-0.25, -0.2) is 9.78 Å². The second-order valence-electron chi connectivity index (χ2n) is 4.01. The van der Waals surface area contributed by atoms with E-state index in [1.165, 1.54) is 18.3 Å². The molecule has 0 radical (unpaired) electrons. The van der Waals surface area contributed by atoms with E-state index in [4.69, 9.17) is 9.84 Å². The van der Waals surface area contributed by atoms with Gasteiger partial charge >= 0.3 is 12.0 Å². The van der Waals surface area contributed by atoms with Crippen molar-refractivity contribution < 1.29 is 19.4 Å². The van der Waals surface area contributed by atoms with Crippen LogP contribution in [0.2, 0.25) is 0 Å². The van der Waals surface area contributed by atoms with Crippen molar-refractivity contribution in [3.8, 4) is 5.75 Å². The molecule has 1 heterocycles. The van der Waals surface area contributed by atoms with Crippen LogP contribution >= 0.6 is 11.3 Å². The van der Waals surface area contributed by atoms with Crippen molar-refractivity contribution in [1.82, 2.24) is 10.3 Å². The maximum absolute atomic E-state index is 11.6. The highest BCUT2D eigenvalue weighted by Gasteiger charge is 2.15. The highest BCUT2D eigenvalue weighted by Crippen LogP contribution is 2.28. The summed E-state index contributed by atoms with van der Waals surface area (Å²) in [7, 11) is 1.57. The molecule has 1 aromatic heterocycles. The number of carboxylic acids is 1. The third-order valence-corrected chi connectivity index (χ3v) is 3.47. The molecule has 1 unspecified atom stereocenters. The number of hydrogen-bond acceptors (Lipinski definition) is 5. The minimum Gasteiger partial charge on any atom is -0.497 e. The van der Waals surface area contributed by atoms with Crippen molar-refractivity contribution in [2.24, 2.45) is 0 Å². The van der Waals surface area contributed by atoms with Gasteiger partial charge in [0.2, 0.25) is 0 Å². The molecule has 0 aliphatic rings. The third kappa shape index (κ3) is 3.15. The number of thiazole rings is 1. The van der Waals surface area contributed by atoms with Crippen molar-refractivity contribution in [1.29, 1.82) is 0 Å². The lowest BCUT2D eigenvalue weighted by atomic mass is 10.3. The van der Waals surface area contributed by atoms with Crippen LogP contribution in [0.15, 0.2) is 18.2 Å². The number of carbonyl (C=O) groups is 2. The molecule has 0 aliphatic heterocycles. The van der Waals surface area contributed by atoms with E-state index in [0.717, 1.165) is 10.2 Å². The lowest BCUT2D eigenvalue weighted by molar-refractivity contribution is -0.138. The third-order valence-electron chi connectivity index (χ3n) is 2.53. The number of benzene rings is 1. The predicted octanol–water partition coefficient (Wildman–Crippen LogP) is 1.90. The zero-order valence-electron chi connectivity index (χ0n) is 10.8. The molecule has 8 heteroatoms. The van der Waals surface area contributed by atoms with Crippen LogP contribution in [-0.2, 0) is 4.79 Å². The van der Waals surface area contributed by atoms with Crippen molar-refractivity contribution >= 4 is 38.7 Å². The Hall–Kier alpha value is -2.35. The van der Waals surface area contributed by atoms with Gasteiger partial charge in [0.1, 0.15) is 11.8 Å². The van der Waals surface area contributed by atoms with Crippen LogP contribution in [0.1, 0.15) is 6.92 Å². The fourth-order valence-electron chi connectivity index (χ4n) is 1.48. The molecule has 0 aliphatic carbocycles. The lowest BCUT2D eigenvalue weighted by Crippen LogP contribution is -2.40. The number of rotatable bonds is 4. The average molecular weight is 295 g/mol. The molecule has 1 atom stereocenters. The second kappa shape index (κ2) is 5.74. The SMILES string of the molecule is COc1ccc2nc(NC(=O)NC(C)C(=O)O)sc2c1. The Morgan fingerprint density at radius 2 is 2.20 bits per heavy atom. The molecule has 0 saturated heterocycles. The van der Waals surface area contributed by atoms with E-state index in [9.17, 15) is 9.59 Å². The molecule has 0 fully saturated rings. The summed E-state index contributed by atoms with van der Waals surface area (Å²) < 4.78 is 5.97. The number of methoxy groups -OCH3 is 1. The first-order chi connectivity index (χ1) is 9.49. The number of aromatic nitrogens is 1. The summed E-state index contributed by atoms with van der Waals surface area (Å²) in [5.41, 5.74) is 0.734. The Morgan fingerprint density at radius 1 is 1.45 bits per heavy atom. The fraction of sp³-hybridized carbons (Fsp3) is 0.250. The maximum Gasteiger partial charge on any atom is 0.325 e. The largest absolute Gasteiger partial charge is 0.497 e. The Bertz CT molecular complexity index is 655. The highest BCUT2D eigenvalue weighted by molar-refractivity contribution is 7.22. The van der Waals surface area contributed by atoms with E-state index in [1.807, 2.05) is 6.07 Å². The van der Waals surface area contributed by atoms with Gasteiger partial charge in [-0.1, -0.05) is 11.3 Å². The number of fused-ring (bicyclic) bond motifs is 1. The van der Waals surface area contributed by atoms with Crippen molar-refractivity contribution in [2.45, 2.75) is 13.0 Å². The van der Waals surface area contributed by atoms with Gasteiger partial charge in [-0.3, -0.25) is 10.1 Å². The number of carbonyl (C=O) groups excluding carboxylic acids is 1. The monoisotopic (exact) mass is 295 g/mol. The molecule has 0 bridgehead atoms. The van der Waals surface area contributed by atoms with Gasteiger partial charge < -0.3 is 15.2 Å². The number of carboxylic acid groups (broad SMARTS) is 1. The second-order valence-corrected chi connectivity index (χ2v) is 5.04. The number of nitrogens with one attached hydrogen (secondary N) is 2. The van der Waals surface area contributed by atoms with Crippen molar-refractivity contribution in [3.63, 3.8) is 0 Å². The van der Waals surface area contributed by atoms with E-state index < -0.39 is 18.0 Å². The quantitative estimate of drug-likeness (QED) is 0.799. The molecule has 2 rings (SSSR count). The molecular weight excluding hydrogens is 282 g/mol. The number of anilines is 1. The van der Waals surface area contributed by atoms with Gasteiger partial charge in [0, 0.05) is 0 Å². The van der Waals surface area contributed by atoms with Crippen LogP contribution in [0.5, 0.6) is 5.75 Å². The van der Waals surface area contributed by atoms with Crippen molar-refractivity contribution in [2.75, 3.05) is 12.4 Å². The van der Waals surface area contributed by atoms with E-state index in [-0.39, 0.29) is 0 Å². The fourth-order valence-corrected chi connectivity index (χ4v) is 2.37. The molecule has 7 nitrogen and oxygen atoms in total. The molecule has 1 aromatic carbocycles. The summed E-state index contributed by atoms with van der Waals surface area (Å²) in [6, 6.07) is 3.80. The molecular formula is C12H13N3O4S. The first kappa shape index (κ1) is 14.1. The van der Waals surface area contributed by atoms with E-state index in [0.29, 0.717) is 10.9 Å². The van der Waals surface area contributed by atoms with Gasteiger partial charge in [0.05, 0.1) is 17.3 Å². The van der Waals surface area contributed by atoms with Gasteiger partial charge in [0.15, 0.2) is 5.13 Å². The number of nitrogens with zero attached hydrogens (tertiary/aromatic N) is 1. The van der Waals surface area contributed by atoms with Crippen LogP contribution in [0.4, 0.5) is 9.93 Å². The summed E-state index contributed by atoms with van der Waals surface area (Å²) in [6.45, 7) is 1.38. The van der Waals surface area contributed by atoms with Crippen LogP contribution in [0, 0.1) is 0 Å². The van der Waals surface area contributed by atoms with Crippen LogP contribution in [0.25, 0.3) is 10.2 Å². The molecule has 106 valence electrons. The predicted molar refractivity (Wildman–Crippen MR) is 75.4 cm³/mol. The minimum absolute atomic E-state index is 0.392. The summed E-state index contributed by atoms with van der Waals surface area (Å²) in [5.74, 6) is -0.397. The number of urea groups is 1. The summed E-state index contributed by atoms with van der Waals surface area (Å²) in [6.07, 6.45) is 0. The summed E-state index contributed by atoms with van der Waals surface area (Å²) >= 11 is 1.28. The van der Waals surface area contributed by atoms with Crippen LogP contribution in [0.3, 0.4) is 0 Å². The Labute approximate surface area is 118 Å². The Balaban J connectivity index is 2.10. The molecule has 20 heavy (non-hydrogen) atoms. The molecule has 2 aromatic rings. The van der Waals surface area contributed by atoms with E-state index >= 15 is 0 Å². The topological polar surface area (TPSA) is 101 Å². The standard InChI is InChI=1S/C12H13N3O4S/c1-6(10(16)17)13-11(18)15-12-14-8-4-3-7(19-2)5-9(8)20-12/h3-6H,1-2H3,(H,16,17)(H2,13,14,15,18). The molecule has 3 N–H and O–H groups in total. The number of hydrogen-bond donors (Lipinski definition) is 3. The Kier molecular flexibility index (Phi) is 4.04. The number of ether oxygens (including phenoxy) is 1. The summed E-state index contributed by atoms with van der Waals surface area (Å²) in [4.78, 5) is 26.4. The van der Waals surface area contributed by atoms with Gasteiger partial charge in [-0.15, -0.1) is 0 Å². The van der Waals surface area contributed by atoms with E-state index in [2.05, 4.69) is 15.6 Å². The van der Waals surface area contributed by atoms with Gasteiger partial charge in [-0.2, -0.15) is 0 Å². The lowest BCUT2D eigenvalue weighted by Gasteiger charge is -2.08. The van der Waals surface area contributed by atoms with Crippen molar-refractivity contribution in [3.05, 3.63) is 18.2 Å². The highest BCUT2D eigenvalue weighted by atomic mass is 32.1. The zero-order valence-corrected chi connectivity index (χ0v) is 11.7. The van der Waals surface area contributed by atoms with E-state index in [1.54, 1.807) is 19.2 Å². The number of amides is 2. The summed E-state index contributed by atoms with van der Waals surface area (Å²) in [5, 5.41) is 13.9. The van der Waals surface area contributed by atoms with Crippen LogP contribution < -0.4 is 15.4 Å². The zero-order chi connectivity index (χ0) is 14.7. The number of aliphatic carboxylic acids is 1. The van der Waals surface area contributed by atoms with Gasteiger partial charge in [0.25, 0.3) is 0 Å². The smallest absolute Gasteiger partial charge is 0.325 e. The average Bonchev–Trinajstić information content (AvgIpc) is 2.78. The molecule has 0 spiro atoms. The normalized spacial score (nSPS) is 11.9. The molecule has 2 amide bonds. The Morgan fingerprint density at radius 3 is 2.85 bits per heavy atom.